The summed E-state index contributed by atoms with van der Waals surface area (Å²) in [7, 11) is -2.21. The van der Waals surface area contributed by atoms with Crippen molar-refractivity contribution in [3.63, 3.8) is 0 Å². The zero-order valence-electron chi connectivity index (χ0n) is 11.5. The molecule has 0 radical (unpaired) electrons. The van der Waals surface area contributed by atoms with Gasteiger partial charge in [0.15, 0.2) is 6.61 Å². The average Bonchev–Trinajstić information content (AvgIpc) is 2.50. The van der Waals surface area contributed by atoms with Crippen molar-refractivity contribution in [3.05, 3.63) is 42.5 Å². The summed E-state index contributed by atoms with van der Waals surface area (Å²) in [4.78, 5) is 22.6. The molecule has 2 N–H and O–H groups in total. The Labute approximate surface area is 123 Å². The molecule has 1 aromatic carbocycles. The standard InChI is InChI=1S/C13H16N2O5S/c1-3-8-15-21(18,19)11-6-4-10(5-7-11)13(17)20-9-12(16)14-2/h3-7,15H,1,8-9H2,2H3,(H,14,16). The van der Waals surface area contributed by atoms with Crippen molar-refractivity contribution in [2.75, 3.05) is 20.2 Å². The Hall–Kier alpha value is -2.19. The number of carbonyl (C=O) groups excluding carboxylic acids is 2. The van der Waals surface area contributed by atoms with E-state index in [9.17, 15) is 18.0 Å². The van der Waals surface area contributed by atoms with Crippen LogP contribution in [0.5, 0.6) is 0 Å². The molecule has 21 heavy (non-hydrogen) atoms. The van der Waals surface area contributed by atoms with Crippen molar-refractivity contribution in [2.45, 2.75) is 4.90 Å². The van der Waals surface area contributed by atoms with E-state index in [0.29, 0.717) is 0 Å². The number of esters is 1. The number of likely N-dealkylation sites (N-methyl/N-ethyl adjacent to an activating group) is 1. The lowest BCUT2D eigenvalue weighted by Crippen LogP contribution is -2.25. The molecule has 1 amide bonds. The van der Waals surface area contributed by atoms with Crippen molar-refractivity contribution >= 4 is 21.9 Å². The zero-order valence-corrected chi connectivity index (χ0v) is 12.3. The van der Waals surface area contributed by atoms with Crippen LogP contribution in [0.1, 0.15) is 10.4 Å². The van der Waals surface area contributed by atoms with Crippen molar-refractivity contribution < 1.29 is 22.7 Å². The van der Waals surface area contributed by atoms with E-state index in [0.717, 1.165) is 0 Å². The van der Waals surface area contributed by atoms with Crippen LogP contribution in [0.3, 0.4) is 0 Å². The third kappa shape index (κ3) is 5.01. The molecule has 0 atom stereocenters. The predicted molar refractivity (Wildman–Crippen MR) is 76.2 cm³/mol. The van der Waals surface area contributed by atoms with Gasteiger partial charge >= 0.3 is 5.97 Å². The molecule has 114 valence electrons. The normalized spacial score (nSPS) is 10.7. The molecule has 0 spiro atoms. The minimum atomic E-state index is -3.63. The van der Waals surface area contributed by atoms with Gasteiger partial charge < -0.3 is 10.1 Å². The van der Waals surface area contributed by atoms with Gasteiger partial charge in [0.25, 0.3) is 5.91 Å². The predicted octanol–water partition coefficient (Wildman–Crippen LogP) is 0.0537. The molecule has 1 rings (SSSR count). The van der Waals surface area contributed by atoms with Gasteiger partial charge in [-0.2, -0.15) is 0 Å². The molecule has 0 aliphatic rings. The van der Waals surface area contributed by atoms with Crippen LogP contribution in [-0.4, -0.2) is 40.5 Å². The second kappa shape index (κ2) is 7.55. The van der Waals surface area contributed by atoms with Gasteiger partial charge in [0, 0.05) is 13.6 Å². The Morgan fingerprint density at radius 2 is 1.90 bits per heavy atom. The number of hydrogen-bond donors (Lipinski definition) is 2. The van der Waals surface area contributed by atoms with E-state index in [2.05, 4.69) is 16.6 Å². The van der Waals surface area contributed by atoms with Crippen LogP contribution < -0.4 is 10.0 Å². The minimum absolute atomic E-state index is 0.0206. The number of carbonyl (C=O) groups is 2. The van der Waals surface area contributed by atoms with Gasteiger partial charge in [-0.15, -0.1) is 6.58 Å². The van der Waals surface area contributed by atoms with Crippen LogP contribution in [0.2, 0.25) is 0 Å². The molecule has 0 aliphatic carbocycles. The zero-order chi connectivity index (χ0) is 15.9. The fourth-order valence-corrected chi connectivity index (χ4v) is 2.31. The largest absolute Gasteiger partial charge is 0.452 e. The first kappa shape index (κ1) is 16.9. The van der Waals surface area contributed by atoms with Crippen LogP contribution in [0.4, 0.5) is 0 Å². The maximum Gasteiger partial charge on any atom is 0.338 e. The summed E-state index contributed by atoms with van der Waals surface area (Å²) in [5.41, 5.74) is 0.154. The van der Waals surface area contributed by atoms with Crippen LogP contribution in [0.25, 0.3) is 0 Å². The molecule has 0 saturated heterocycles. The number of benzene rings is 1. The minimum Gasteiger partial charge on any atom is -0.452 e. The highest BCUT2D eigenvalue weighted by molar-refractivity contribution is 7.89. The number of ether oxygens (including phenoxy) is 1. The maximum absolute atomic E-state index is 11.8. The summed E-state index contributed by atoms with van der Waals surface area (Å²) in [6, 6.07) is 5.19. The van der Waals surface area contributed by atoms with Crippen molar-refractivity contribution in [1.82, 2.24) is 10.0 Å². The van der Waals surface area contributed by atoms with Gasteiger partial charge in [-0.1, -0.05) is 6.08 Å². The number of hydrogen-bond acceptors (Lipinski definition) is 5. The van der Waals surface area contributed by atoms with Crippen molar-refractivity contribution in [2.24, 2.45) is 0 Å². The third-order valence-corrected chi connectivity index (χ3v) is 3.87. The van der Waals surface area contributed by atoms with E-state index < -0.39 is 28.5 Å². The van der Waals surface area contributed by atoms with Crippen LogP contribution in [-0.2, 0) is 19.6 Å². The first-order chi connectivity index (χ1) is 9.90. The van der Waals surface area contributed by atoms with E-state index in [1.165, 1.54) is 37.4 Å². The molecule has 7 nitrogen and oxygen atoms in total. The Balaban J connectivity index is 2.76. The van der Waals surface area contributed by atoms with Gasteiger partial charge in [-0.3, -0.25) is 4.79 Å². The lowest BCUT2D eigenvalue weighted by atomic mass is 10.2. The van der Waals surface area contributed by atoms with Crippen molar-refractivity contribution in [1.29, 1.82) is 0 Å². The first-order valence-corrected chi connectivity index (χ1v) is 7.47. The van der Waals surface area contributed by atoms with Gasteiger partial charge in [0.05, 0.1) is 10.5 Å². The van der Waals surface area contributed by atoms with Gasteiger partial charge in [0.1, 0.15) is 0 Å². The average molecular weight is 312 g/mol. The number of nitrogens with one attached hydrogen (secondary N) is 2. The molecule has 0 aliphatic heterocycles. The molecular weight excluding hydrogens is 296 g/mol. The summed E-state index contributed by atoms with van der Waals surface area (Å²) >= 11 is 0. The summed E-state index contributed by atoms with van der Waals surface area (Å²) < 4.78 is 30.6. The molecule has 1 aromatic rings. The summed E-state index contributed by atoms with van der Waals surface area (Å²) in [5.74, 6) is -1.14. The Kier molecular flexibility index (Phi) is 6.07. The first-order valence-electron chi connectivity index (χ1n) is 5.99. The Morgan fingerprint density at radius 3 is 2.43 bits per heavy atom. The highest BCUT2D eigenvalue weighted by atomic mass is 32.2. The van der Waals surface area contributed by atoms with Crippen LogP contribution >= 0.6 is 0 Å². The van der Waals surface area contributed by atoms with Gasteiger partial charge in [-0.05, 0) is 24.3 Å². The lowest BCUT2D eigenvalue weighted by Gasteiger charge is -2.06. The van der Waals surface area contributed by atoms with E-state index in [1.54, 1.807) is 0 Å². The summed E-state index contributed by atoms with van der Waals surface area (Å²) in [6.45, 7) is 3.13. The van der Waals surface area contributed by atoms with E-state index >= 15 is 0 Å². The Morgan fingerprint density at radius 1 is 1.29 bits per heavy atom. The highest BCUT2D eigenvalue weighted by Gasteiger charge is 2.14. The molecule has 0 aromatic heterocycles. The van der Waals surface area contributed by atoms with E-state index in [1.807, 2.05) is 0 Å². The SMILES string of the molecule is C=CCNS(=O)(=O)c1ccc(C(=O)OCC(=O)NC)cc1. The number of amides is 1. The molecule has 0 fully saturated rings. The summed E-state index contributed by atoms with van der Waals surface area (Å²) in [5, 5.41) is 2.31. The third-order valence-electron chi connectivity index (χ3n) is 2.43. The number of rotatable bonds is 7. The van der Waals surface area contributed by atoms with Crippen LogP contribution in [0, 0.1) is 0 Å². The fourth-order valence-electron chi connectivity index (χ4n) is 1.31. The second-order valence-electron chi connectivity index (χ2n) is 3.91. The molecule has 0 unspecified atom stereocenters. The fraction of sp³-hybridized carbons (Fsp3) is 0.231. The maximum atomic E-state index is 11.8. The molecule has 8 heteroatoms. The molecule has 0 saturated carbocycles. The quantitative estimate of drug-likeness (QED) is 0.547. The topological polar surface area (TPSA) is 102 Å². The smallest absolute Gasteiger partial charge is 0.338 e. The molecular formula is C13H16N2O5S. The number of sulfonamides is 1. The molecule has 0 heterocycles. The Bertz CT molecular complexity index is 622. The summed E-state index contributed by atoms with van der Waals surface area (Å²) in [6.07, 6.45) is 1.42. The van der Waals surface area contributed by atoms with Gasteiger partial charge in [0.2, 0.25) is 10.0 Å². The van der Waals surface area contributed by atoms with Crippen molar-refractivity contribution in [3.8, 4) is 0 Å². The van der Waals surface area contributed by atoms with E-state index in [-0.39, 0.29) is 17.0 Å². The van der Waals surface area contributed by atoms with E-state index in [4.69, 9.17) is 4.74 Å². The second-order valence-corrected chi connectivity index (χ2v) is 5.68. The monoisotopic (exact) mass is 312 g/mol. The lowest BCUT2D eigenvalue weighted by molar-refractivity contribution is -0.123. The molecule has 0 bridgehead atoms. The highest BCUT2D eigenvalue weighted by Crippen LogP contribution is 2.11. The van der Waals surface area contributed by atoms with Crippen LogP contribution in [0.15, 0.2) is 41.8 Å². The van der Waals surface area contributed by atoms with Gasteiger partial charge in [-0.25, -0.2) is 17.9 Å².